The van der Waals surface area contributed by atoms with Crippen LogP contribution in [-0.2, 0) is 27.9 Å². The maximum absolute atomic E-state index is 12.6. The Labute approximate surface area is 325 Å². The molecular formula is C42H67BrO7Si2. The average molecular weight is 820 g/mol. The van der Waals surface area contributed by atoms with Crippen LogP contribution in [0.4, 0.5) is 0 Å². The molecule has 8 atom stereocenters. The molecule has 1 heterocycles. The van der Waals surface area contributed by atoms with Crippen molar-refractivity contribution in [1.29, 1.82) is 0 Å². The van der Waals surface area contributed by atoms with Gasteiger partial charge < -0.3 is 28.2 Å². The van der Waals surface area contributed by atoms with Gasteiger partial charge in [-0.25, -0.2) is 0 Å². The number of carbonyl (C=O) groups excluding carboxylic acids is 1. The van der Waals surface area contributed by atoms with Gasteiger partial charge in [0.25, 0.3) is 8.32 Å². The van der Waals surface area contributed by atoms with Crippen LogP contribution in [0.25, 0.3) is 0 Å². The molecule has 0 radical (unpaired) electrons. The lowest BCUT2D eigenvalue weighted by atomic mass is 9.86. The molecule has 0 aromatic heterocycles. The quantitative estimate of drug-likeness (QED) is 0.0787. The number of hydrogen-bond acceptors (Lipinski definition) is 7. The fourth-order valence-corrected chi connectivity index (χ4v) is 13.6. The molecular weight excluding hydrogens is 753 g/mol. The first-order chi connectivity index (χ1) is 24.1. The highest BCUT2D eigenvalue weighted by molar-refractivity contribution is 9.10. The molecule has 1 fully saturated rings. The molecule has 292 valence electrons. The monoisotopic (exact) mass is 818 g/mol. The van der Waals surface area contributed by atoms with Gasteiger partial charge in [-0.2, -0.15) is 0 Å². The number of aliphatic hydroxyl groups excluding tert-OH is 1. The third-order valence-electron chi connectivity index (χ3n) is 11.3. The predicted molar refractivity (Wildman–Crippen MR) is 221 cm³/mol. The van der Waals surface area contributed by atoms with Crippen molar-refractivity contribution in [2.75, 3.05) is 20.0 Å². The lowest BCUT2D eigenvalue weighted by molar-refractivity contribution is -0.187. The number of esters is 1. The Bertz CT molecular complexity index is 1380. The summed E-state index contributed by atoms with van der Waals surface area (Å²) in [4.78, 5) is 12.6. The van der Waals surface area contributed by atoms with E-state index >= 15 is 0 Å². The van der Waals surface area contributed by atoms with Crippen LogP contribution in [-0.4, -0.2) is 76.5 Å². The number of ether oxygens (including phenoxy) is 3. The van der Waals surface area contributed by atoms with Crippen molar-refractivity contribution >= 4 is 48.9 Å². The Kier molecular flexibility index (Phi) is 15.8. The second kappa shape index (κ2) is 18.3. The van der Waals surface area contributed by atoms with Gasteiger partial charge in [0.1, 0.15) is 11.1 Å². The van der Waals surface area contributed by atoms with E-state index in [0.717, 1.165) is 0 Å². The van der Waals surface area contributed by atoms with Gasteiger partial charge in [0.15, 0.2) is 8.32 Å². The number of alkyl halides is 1. The van der Waals surface area contributed by atoms with Crippen molar-refractivity contribution in [2.45, 2.75) is 134 Å². The van der Waals surface area contributed by atoms with Gasteiger partial charge in [-0.15, -0.1) is 0 Å². The topological polar surface area (TPSA) is 83.5 Å². The molecule has 1 aliphatic heterocycles. The third-order valence-corrected chi connectivity index (χ3v) is 21.5. The first-order valence-corrected chi connectivity index (χ1v) is 24.6. The summed E-state index contributed by atoms with van der Waals surface area (Å²) in [6.45, 7) is 29.1. The Balaban J connectivity index is 1.89. The van der Waals surface area contributed by atoms with Crippen molar-refractivity contribution in [1.82, 2.24) is 0 Å². The Hall–Kier alpha value is -1.64. The van der Waals surface area contributed by atoms with Gasteiger partial charge in [0.2, 0.25) is 0 Å². The molecule has 2 aromatic rings. The fraction of sp³-hybridized carbons (Fsp3) is 0.643. The van der Waals surface area contributed by atoms with Crippen molar-refractivity contribution in [3.63, 3.8) is 0 Å². The molecule has 10 heteroatoms. The fourth-order valence-electron chi connectivity index (χ4n) is 6.95. The van der Waals surface area contributed by atoms with Crippen molar-refractivity contribution in [3.05, 3.63) is 72.8 Å². The number of halogens is 1. The summed E-state index contributed by atoms with van der Waals surface area (Å²) in [6.07, 6.45) is 3.26. The van der Waals surface area contributed by atoms with E-state index in [1.54, 1.807) is 13.8 Å². The molecule has 3 rings (SSSR count). The second-order valence-electron chi connectivity index (χ2n) is 17.4. The van der Waals surface area contributed by atoms with E-state index in [9.17, 15) is 9.90 Å². The number of aliphatic hydroxyl groups is 1. The molecule has 0 spiro atoms. The Morgan fingerprint density at radius 2 is 1.46 bits per heavy atom. The smallest absolute Gasteiger partial charge is 0.325 e. The number of rotatable bonds is 16. The minimum absolute atomic E-state index is 0.0365. The number of hydrogen-bond donors (Lipinski definition) is 1. The van der Waals surface area contributed by atoms with Crippen molar-refractivity contribution in [3.8, 4) is 0 Å². The number of benzene rings is 2. The second-order valence-corrected chi connectivity index (χ2v) is 28.1. The highest BCUT2D eigenvalue weighted by atomic mass is 79.9. The predicted octanol–water partition coefficient (Wildman–Crippen LogP) is 8.63. The van der Waals surface area contributed by atoms with Crippen LogP contribution in [0.1, 0.15) is 82.6 Å². The lowest BCUT2D eigenvalue weighted by Gasteiger charge is -2.45. The van der Waals surface area contributed by atoms with Gasteiger partial charge in [-0.1, -0.05) is 151 Å². The van der Waals surface area contributed by atoms with Crippen LogP contribution in [0.5, 0.6) is 0 Å². The molecule has 2 aromatic carbocycles. The van der Waals surface area contributed by atoms with Crippen LogP contribution in [0, 0.1) is 17.8 Å². The van der Waals surface area contributed by atoms with Crippen LogP contribution in [0.3, 0.4) is 0 Å². The maximum Gasteiger partial charge on any atom is 0.325 e. The first kappa shape index (κ1) is 44.8. The van der Waals surface area contributed by atoms with Crippen molar-refractivity contribution in [2.24, 2.45) is 17.8 Å². The van der Waals surface area contributed by atoms with E-state index in [1.165, 1.54) is 10.4 Å². The molecule has 0 unspecified atom stereocenters. The van der Waals surface area contributed by atoms with E-state index < -0.39 is 33.0 Å². The van der Waals surface area contributed by atoms with Gasteiger partial charge in [0.05, 0.1) is 31.0 Å². The third kappa shape index (κ3) is 10.6. The van der Waals surface area contributed by atoms with E-state index in [2.05, 4.69) is 157 Å². The summed E-state index contributed by atoms with van der Waals surface area (Å²) in [5.41, 5.74) is 0. The van der Waals surface area contributed by atoms with Crippen LogP contribution in [0.2, 0.25) is 23.2 Å². The normalized spacial score (nSPS) is 21.9. The maximum atomic E-state index is 12.6. The zero-order chi connectivity index (χ0) is 39.1. The van der Waals surface area contributed by atoms with Gasteiger partial charge in [-0.05, 0) is 53.3 Å². The summed E-state index contributed by atoms with van der Waals surface area (Å²) < 4.78 is 30.7. The zero-order valence-corrected chi connectivity index (χ0v) is 37.7. The Morgan fingerprint density at radius 3 is 1.94 bits per heavy atom. The highest BCUT2D eigenvalue weighted by Gasteiger charge is 2.51. The average Bonchev–Trinajstić information content (AvgIpc) is 3.09. The summed E-state index contributed by atoms with van der Waals surface area (Å²) in [6, 6.07) is 21.6. The molecule has 1 saturated heterocycles. The lowest BCUT2D eigenvalue weighted by Crippen LogP contribution is -2.67. The van der Waals surface area contributed by atoms with Crippen molar-refractivity contribution < 1.29 is 33.0 Å². The molecule has 0 aliphatic carbocycles. The summed E-state index contributed by atoms with van der Waals surface area (Å²) in [5, 5.41) is 13.6. The minimum Gasteiger partial charge on any atom is -0.465 e. The van der Waals surface area contributed by atoms with E-state index in [4.69, 9.17) is 23.1 Å². The number of carbonyl (C=O) groups is 1. The van der Waals surface area contributed by atoms with Crippen LogP contribution >= 0.6 is 15.9 Å². The minimum atomic E-state index is -2.74. The van der Waals surface area contributed by atoms with Gasteiger partial charge >= 0.3 is 5.97 Å². The van der Waals surface area contributed by atoms with Crippen LogP contribution < -0.4 is 10.4 Å². The molecule has 0 bridgehead atoms. The standard InChI is InChI=1S/C42H67BrO7Si2/c1-14-46-39(45)42(11,43)38(44)32(4)36-27-33(47-29-48-36)26-25-30(2)37(50-51(12,13)40(5,6)7)31(3)28-49-52(41(8,9)10,34-21-17-15-18-22-34)35-23-19-16-20-24-35/h15-26,30-33,36-38,44H,14,27-29H2,1-13H3/b26-25-/t30-,31-,32+,33+,36-,37-,38-,42+/m0/s1. The van der Waals surface area contributed by atoms with E-state index in [1.807, 2.05) is 6.92 Å². The first-order valence-electron chi connectivity index (χ1n) is 19.0. The van der Waals surface area contributed by atoms with E-state index in [-0.39, 0.29) is 59.5 Å². The summed E-state index contributed by atoms with van der Waals surface area (Å²) in [7, 11) is -4.91. The highest BCUT2D eigenvalue weighted by Crippen LogP contribution is 2.41. The molecule has 0 saturated carbocycles. The van der Waals surface area contributed by atoms with E-state index in [0.29, 0.717) is 13.0 Å². The van der Waals surface area contributed by atoms with Crippen LogP contribution in [0.15, 0.2) is 72.8 Å². The Morgan fingerprint density at radius 1 is 0.923 bits per heavy atom. The zero-order valence-electron chi connectivity index (χ0n) is 34.1. The largest absolute Gasteiger partial charge is 0.465 e. The SMILES string of the molecule is CCOC(=O)[C@](C)(Br)[C@@H](O)[C@H](C)[C@@H]1C[C@@H](/C=C\[C@H](C)[C@H](O[Si](C)(C)C(C)(C)C)[C@@H](C)CO[Si](c2ccccc2)(c2ccccc2)C(C)(C)C)OCO1. The van der Waals surface area contributed by atoms with Gasteiger partial charge in [0, 0.05) is 24.9 Å². The summed E-state index contributed by atoms with van der Waals surface area (Å²) in [5.74, 6) is -0.685. The molecule has 52 heavy (non-hydrogen) atoms. The summed E-state index contributed by atoms with van der Waals surface area (Å²) >= 11 is 3.43. The molecule has 1 aliphatic rings. The van der Waals surface area contributed by atoms with Gasteiger partial charge in [-0.3, -0.25) is 4.79 Å². The molecule has 1 N–H and O–H groups in total. The molecule has 0 amide bonds. The molecule has 7 nitrogen and oxygen atoms in total.